The van der Waals surface area contributed by atoms with Crippen molar-refractivity contribution in [3.05, 3.63) is 33.9 Å². The summed E-state index contributed by atoms with van der Waals surface area (Å²) < 4.78 is 0.984. The van der Waals surface area contributed by atoms with E-state index < -0.39 is 5.97 Å². The van der Waals surface area contributed by atoms with Crippen LogP contribution >= 0.6 is 15.9 Å². The van der Waals surface area contributed by atoms with Crippen molar-refractivity contribution < 1.29 is 9.90 Å². The molecule has 0 amide bonds. The lowest BCUT2D eigenvalue weighted by molar-refractivity contribution is -0.136. The molecule has 2 rings (SSSR count). The van der Waals surface area contributed by atoms with E-state index in [-0.39, 0.29) is 6.42 Å². The number of nitrogens with one attached hydrogen (secondary N) is 1. The number of fused-ring (bicyclic) bond motifs is 1. The van der Waals surface area contributed by atoms with Crippen molar-refractivity contribution in [3.8, 4) is 0 Å². The molecule has 0 radical (unpaired) electrons. The molecular formula is C11H10BrNO2. The Labute approximate surface area is 95.2 Å². The maximum Gasteiger partial charge on any atom is 0.309 e. The number of carboxylic acids is 1. The van der Waals surface area contributed by atoms with Crippen LogP contribution < -0.4 is 0 Å². The van der Waals surface area contributed by atoms with Crippen LogP contribution in [-0.4, -0.2) is 16.1 Å². The summed E-state index contributed by atoms with van der Waals surface area (Å²) in [6.07, 6.45) is 0.0398. The molecule has 0 unspecified atom stereocenters. The summed E-state index contributed by atoms with van der Waals surface area (Å²) in [5.74, 6) is -0.816. The minimum absolute atomic E-state index is 0.0398. The zero-order valence-corrected chi connectivity index (χ0v) is 9.76. The molecule has 2 N–H and O–H groups in total. The van der Waals surface area contributed by atoms with Crippen LogP contribution in [-0.2, 0) is 11.2 Å². The van der Waals surface area contributed by atoms with E-state index in [4.69, 9.17) is 5.11 Å². The highest BCUT2D eigenvalue weighted by Crippen LogP contribution is 2.25. The van der Waals surface area contributed by atoms with Gasteiger partial charge in [0.2, 0.25) is 0 Å². The van der Waals surface area contributed by atoms with Gasteiger partial charge in [0.15, 0.2) is 0 Å². The van der Waals surface area contributed by atoms with Crippen molar-refractivity contribution in [1.29, 1.82) is 0 Å². The van der Waals surface area contributed by atoms with E-state index in [0.717, 1.165) is 26.6 Å². The van der Waals surface area contributed by atoms with Crippen molar-refractivity contribution in [2.45, 2.75) is 13.3 Å². The van der Waals surface area contributed by atoms with Gasteiger partial charge in [0.1, 0.15) is 0 Å². The Morgan fingerprint density at radius 1 is 1.53 bits per heavy atom. The summed E-state index contributed by atoms with van der Waals surface area (Å²) in [4.78, 5) is 13.8. The molecule has 0 aliphatic heterocycles. The molecule has 15 heavy (non-hydrogen) atoms. The molecule has 0 bridgehead atoms. The van der Waals surface area contributed by atoms with Crippen LogP contribution in [0.5, 0.6) is 0 Å². The second kappa shape index (κ2) is 3.70. The van der Waals surface area contributed by atoms with Gasteiger partial charge in [-0.15, -0.1) is 0 Å². The molecular weight excluding hydrogens is 258 g/mol. The topological polar surface area (TPSA) is 53.1 Å². The molecule has 0 atom stereocenters. The molecule has 1 aromatic carbocycles. The molecule has 4 heteroatoms. The van der Waals surface area contributed by atoms with Gasteiger partial charge >= 0.3 is 5.97 Å². The first-order chi connectivity index (χ1) is 7.08. The molecule has 0 saturated carbocycles. The summed E-state index contributed by atoms with van der Waals surface area (Å²) in [5, 5.41) is 9.82. The number of H-pyrrole nitrogens is 1. The predicted molar refractivity (Wildman–Crippen MR) is 62.1 cm³/mol. The standard InChI is InChI=1S/C11H10BrNO2/c1-6-8-3-2-7(12)4-10(8)13-9(6)5-11(14)15/h2-4,13H,5H2,1H3,(H,14,15). The number of aliphatic carboxylic acids is 1. The Morgan fingerprint density at radius 2 is 2.27 bits per heavy atom. The van der Waals surface area contributed by atoms with Gasteiger partial charge in [-0.2, -0.15) is 0 Å². The monoisotopic (exact) mass is 267 g/mol. The molecule has 0 aliphatic rings. The maximum atomic E-state index is 10.6. The largest absolute Gasteiger partial charge is 0.481 e. The minimum Gasteiger partial charge on any atom is -0.481 e. The normalized spacial score (nSPS) is 10.8. The van der Waals surface area contributed by atoms with Gasteiger partial charge in [-0.1, -0.05) is 22.0 Å². The Balaban J connectivity index is 2.58. The first kappa shape index (κ1) is 10.2. The molecule has 0 spiro atoms. The maximum absolute atomic E-state index is 10.6. The highest BCUT2D eigenvalue weighted by Gasteiger charge is 2.10. The lowest BCUT2D eigenvalue weighted by Gasteiger charge is -1.93. The molecule has 0 saturated heterocycles. The summed E-state index contributed by atoms with van der Waals surface area (Å²) in [6.45, 7) is 1.94. The number of halogens is 1. The van der Waals surface area contributed by atoms with Crippen LogP contribution in [0.4, 0.5) is 0 Å². The Hall–Kier alpha value is -1.29. The number of hydrogen-bond acceptors (Lipinski definition) is 1. The summed E-state index contributed by atoms with van der Waals surface area (Å²) in [5.41, 5.74) is 2.76. The van der Waals surface area contributed by atoms with Crippen LogP contribution in [0.2, 0.25) is 0 Å². The van der Waals surface area contributed by atoms with Crippen LogP contribution in [0.15, 0.2) is 22.7 Å². The fourth-order valence-electron chi connectivity index (χ4n) is 1.69. The third-order valence-electron chi connectivity index (χ3n) is 2.45. The van der Waals surface area contributed by atoms with E-state index >= 15 is 0 Å². The van der Waals surface area contributed by atoms with Gasteiger partial charge in [-0.25, -0.2) is 0 Å². The molecule has 0 fully saturated rings. The van der Waals surface area contributed by atoms with Crippen LogP contribution in [0, 0.1) is 6.92 Å². The summed E-state index contributed by atoms with van der Waals surface area (Å²) in [7, 11) is 0. The first-order valence-electron chi connectivity index (χ1n) is 4.56. The fraction of sp³-hybridized carbons (Fsp3) is 0.182. The van der Waals surface area contributed by atoms with E-state index in [1.165, 1.54) is 0 Å². The third kappa shape index (κ3) is 1.90. The lowest BCUT2D eigenvalue weighted by Crippen LogP contribution is -2.01. The molecule has 78 valence electrons. The minimum atomic E-state index is -0.816. The predicted octanol–water partition coefficient (Wildman–Crippen LogP) is 2.87. The number of carbonyl (C=O) groups is 1. The number of rotatable bonds is 2. The SMILES string of the molecule is Cc1c(CC(=O)O)[nH]c2cc(Br)ccc12. The zero-order chi connectivity index (χ0) is 11.0. The van der Waals surface area contributed by atoms with Gasteiger partial charge in [-0.3, -0.25) is 4.79 Å². The third-order valence-corrected chi connectivity index (χ3v) is 2.95. The Morgan fingerprint density at radius 3 is 2.93 bits per heavy atom. The molecule has 3 nitrogen and oxygen atoms in total. The van der Waals surface area contributed by atoms with Gasteiger partial charge in [0.25, 0.3) is 0 Å². The highest BCUT2D eigenvalue weighted by atomic mass is 79.9. The van der Waals surface area contributed by atoms with Crippen molar-refractivity contribution in [2.75, 3.05) is 0 Å². The fourth-order valence-corrected chi connectivity index (χ4v) is 2.05. The van der Waals surface area contributed by atoms with E-state index in [2.05, 4.69) is 20.9 Å². The van der Waals surface area contributed by atoms with Crippen LogP contribution in [0.3, 0.4) is 0 Å². The molecule has 1 aromatic heterocycles. The van der Waals surface area contributed by atoms with Gasteiger partial charge in [0.05, 0.1) is 6.42 Å². The second-order valence-corrected chi connectivity index (χ2v) is 4.40. The van der Waals surface area contributed by atoms with Crippen molar-refractivity contribution in [1.82, 2.24) is 4.98 Å². The number of hydrogen-bond donors (Lipinski definition) is 2. The highest BCUT2D eigenvalue weighted by molar-refractivity contribution is 9.10. The van der Waals surface area contributed by atoms with Crippen LogP contribution in [0.1, 0.15) is 11.3 Å². The van der Waals surface area contributed by atoms with E-state index in [0.29, 0.717) is 0 Å². The quantitative estimate of drug-likeness (QED) is 0.879. The molecule has 2 aromatic rings. The number of aryl methyl sites for hydroxylation is 1. The summed E-state index contributed by atoms with van der Waals surface area (Å²) >= 11 is 3.38. The van der Waals surface area contributed by atoms with Crippen molar-refractivity contribution in [2.24, 2.45) is 0 Å². The average Bonchev–Trinajstić information content (AvgIpc) is 2.42. The van der Waals surface area contributed by atoms with Gasteiger partial charge in [0, 0.05) is 21.1 Å². The van der Waals surface area contributed by atoms with Crippen LogP contribution in [0.25, 0.3) is 10.9 Å². The van der Waals surface area contributed by atoms with E-state index in [9.17, 15) is 4.79 Å². The number of benzene rings is 1. The van der Waals surface area contributed by atoms with Gasteiger partial charge in [-0.05, 0) is 24.6 Å². The number of aromatic amines is 1. The van der Waals surface area contributed by atoms with E-state index in [1.54, 1.807) is 0 Å². The van der Waals surface area contributed by atoms with Crippen molar-refractivity contribution in [3.63, 3.8) is 0 Å². The summed E-state index contributed by atoms with van der Waals surface area (Å²) in [6, 6.07) is 5.89. The number of carboxylic acid groups (broad SMARTS) is 1. The second-order valence-electron chi connectivity index (χ2n) is 3.49. The van der Waals surface area contributed by atoms with Gasteiger partial charge < -0.3 is 10.1 Å². The first-order valence-corrected chi connectivity index (χ1v) is 5.35. The Kier molecular flexibility index (Phi) is 2.52. The average molecular weight is 268 g/mol. The Bertz CT molecular complexity index is 531. The molecule has 1 heterocycles. The van der Waals surface area contributed by atoms with E-state index in [1.807, 2.05) is 25.1 Å². The zero-order valence-electron chi connectivity index (χ0n) is 8.17. The lowest BCUT2D eigenvalue weighted by atomic mass is 10.1. The number of aromatic nitrogens is 1. The molecule has 0 aliphatic carbocycles. The van der Waals surface area contributed by atoms with Crippen molar-refractivity contribution >= 4 is 32.8 Å². The smallest absolute Gasteiger partial charge is 0.309 e.